The first kappa shape index (κ1) is 19.4. The molecule has 0 unspecified atom stereocenters. The van der Waals surface area contributed by atoms with Crippen LogP contribution in [0.3, 0.4) is 0 Å². The van der Waals surface area contributed by atoms with Crippen molar-refractivity contribution in [2.75, 3.05) is 23.7 Å². The van der Waals surface area contributed by atoms with E-state index in [2.05, 4.69) is 5.32 Å². The Balaban J connectivity index is 1.41. The second-order valence-corrected chi connectivity index (χ2v) is 7.63. The van der Waals surface area contributed by atoms with E-state index in [-0.39, 0.29) is 17.6 Å². The molecule has 2 aromatic carbocycles. The third-order valence-electron chi connectivity index (χ3n) is 4.45. The molecule has 4 nitrogen and oxygen atoms in total. The molecule has 0 radical (unpaired) electrons. The van der Waals surface area contributed by atoms with E-state index in [0.717, 1.165) is 42.1 Å². The Morgan fingerprint density at radius 3 is 2.52 bits per heavy atom. The number of nitrogens with one attached hydrogen (secondary N) is 1. The zero-order valence-corrected chi connectivity index (χ0v) is 15.9. The van der Waals surface area contributed by atoms with E-state index in [4.69, 9.17) is 0 Å². The Labute approximate surface area is 163 Å². The fourth-order valence-corrected chi connectivity index (χ4v) is 3.82. The summed E-state index contributed by atoms with van der Waals surface area (Å²) in [5.41, 5.74) is 1.45. The van der Waals surface area contributed by atoms with Crippen molar-refractivity contribution in [3.8, 4) is 0 Å². The Morgan fingerprint density at radius 2 is 1.81 bits per heavy atom. The van der Waals surface area contributed by atoms with Crippen molar-refractivity contribution in [2.24, 2.45) is 0 Å². The van der Waals surface area contributed by atoms with Gasteiger partial charge in [-0.15, -0.1) is 11.8 Å². The number of nitrogens with zero attached hydrogens (tertiary/aromatic N) is 1. The molecule has 6 heteroatoms. The second kappa shape index (κ2) is 9.55. The molecular formula is C21H23FN2O2S. The van der Waals surface area contributed by atoms with Crippen LogP contribution in [0.25, 0.3) is 0 Å². The normalized spacial score (nSPS) is 14.3. The lowest BCUT2D eigenvalue weighted by molar-refractivity contribution is -0.119. The molecule has 1 aliphatic heterocycles. The SMILES string of the molecule is O=C(NCCCSc1ccc(F)cc1)c1ccc(N2CCCCC2=O)cc1. The average Bonchev–Trinajstić information content (AvgIpc) is 2.69. The van der Waals surface area contributed by atoms with Crippen molar-refractivity contribution in [1.29, 1.82) is 0 Å². The number of carbonyl (C=O) groups excluding carboxylic acids is 2. The van der Waals surface area contributed by atoms with Gasteiger partial charge in [-0.3, -0.25) is 9.59 Å². The average molecular weight is 386 g/mol. The maximum absolute atomic E-state index is 12.9. The van der Waals surface area contributed by atoms with Crippen LogP contribution < -0.4 is 10.2 Å². The van der Waals surface area contributed by atoms with Crippen molar-refractivity contribution < 1.29 is 14.0 Å². The predicted molar refractivity (Wildman–Crippen MR) is 107 cm³/mol. The second-order valence-electron chi connectivity index (χ2n) is 6.46. The van der Waals surface area contributed by atoms with Crippen LogP contribution in [0.15, 0.2) is 53.4 Å². The van der Waals surface area contributed by atoms with Crippen LogP contribution in [-0.4, -0.2) is 30.7 Å². The first-order chi connectivity index (χ1) is 13.1. The van der Waals surface area contributed by atoms with Crippen molar-refractivity contribution in [3.05, 3.63) is 59.9 Å². The van der Waals surface area contributed by atoms with Gasteiger partial charge in [-0.25, -0.2) is 4.39 Å². The Kier molecular flexibility index (Phi) is 6.87. The lowest BCUT2D eigenvalue weighted by Gasteiger charge is -2.26. The van der Waals surface area contributed by atoms with Crippen molar-refractivity contribution in [1.82, 2.24) is 5.32 Å². The number of halogens is 1. The molecule has 1 aliphatic rings. The van der Waals surface area contributed by atoms with Crippen LogP contribution in [0, 0.1) is 5.82 Å². The summed E-state index contributed by atoms with van der Waals surface area (Å²) in [5, 5.41) is 2.91. The highest BCUT2D eigenvalue weighted by atomic mass is 32.2. The van der Waals surface area contributed by atoms with Crippen LogP contribution in [0.5, 0.6) is 0 Å². The Hall–Kier alpha value is -2.34. The van der Waals surface area contributed by atoms with Gasteiger partial charge < -0.3 is 10.2 Å². The third-order valence-corrected chi connectivity index (χ3v) is 5.55. The molecule has 3 rings (SSSR count). The van der Waals surface area contributed by atoms with Crippen LogP contribution in [-0.2, 0) is 4.79 Å². The Bertz CT molecular complexity index is 778. The summed E-state index contributed by atoms with van der Waals surface area (Å²) < 4.78 is 12.9. The number of carbonyl (C=O) groups is 2. The molecule has 0 spiro atoms. The topological polar surface area (TPSA) is 49.4 Å². The number of thioether (sulfide) groups is 1. The lowest BCUT2D eigenvalue weighted by Crippen LogP contribution is -2.35. The van der Waals surface area contributed by atoms with Crippen molar-refractivity contribution >= 4 is 29.3 Å². The molecule has 0 saturated carbocycles. The minimum atomic E-state index is -0.234. The van der Waals surface area contributed by atoms with Gasteiger partial charge in [-0.05, 0) is 73.5 Å². The van der Waals surface area contributed by atoms with E-state index in [0.29, 0.717) is 18.5 Å². The monoisotopic (exact) mass is 386 g/mol. The van der Waals surface area contributed by atoms with Gasteiger partial charge in [0.05, 0.1) is 0 Å². The van der Waals surface area contributed by atoms with E-state index in [1.165, 1.54) is 12.1 Å². The summed E-state index contributed by atoms with van der Waals surface area (Å²) in [5.74, 6) is 0.653. The molecule has 142 valence electrons. The van der Waals surface area contributed by atoms with Gasteiger partial charge in [0, 0.05) is 35.7 Å². The van der Waals surface area contributed by atoms with Crippen LogP contribution in [0.4, 0.5) is 10.1 Å². The highest BCUT2D eigenvalue weighted by Gasteiger charge is 2.19. The van der Waals surface area contributed by atoms with E-state index < -0.39 is 0 Å². The first-order valence-corrected chi connectivity index (χ1v) is 10.2. The zero-order valence-electron chi connectivity index (χ0n) is 15.1. The third kappa shape index (κ3) is 5.57. The lowest BCUT2D eigenvalue weighted by atomic mass is 10.1. The molecule has 2 aromatic rings. The number of anilines is 1. The molecule has 1 saturated heterocycles. The summed E-state index contributed by atoms with van der Waals surface area (Å²) >= 11 is 1.64. The van der Waals surface area contributed by atoms with Gasteiger partial charge in [0.25, 0.3) is 5.91 Å². The van der Waals surface area contributed by atoms with Crippen molar-refractivity contribution in [3.63, 3.8) is 0 Å². The van der Waals surface area contributed by atoms with Gasteiger partial charge in [0.1, 0.15) is 5.82 Å². The van der Waals surface area contributed by atoms with Crippen molar-refractivity contribution in [2.45, 2.75) is 30.6 Å². The van der Waals surface area contributed by atoms with E-state index in [1.807, 2.05) is 12.1 Å². The predicted octanol–water partition coefficient (Wildman–Crippen LogP) is 4.25. The highest BCUT2D eigenvalue weighted by molar-refractivity contribution is 7.99. The quantitative estimate of drug-likeness (QED) is 0.572. The summed E-state index contributed by atoms with van der Waals surface area (Å²) in [4.78, 5) is 27.0. The molecule has 27 heavy (non-hydrogen) atoms. The molecule has 0 atom stereocenters. The maximum Gasteiger partial charge on any atom is 0.251 e. The molecule has 2 amide bonds. The molecule has 0 aliphatic carbocycles. The van der Waals surface area contributed by atoms with Crippen LogP contribution >= 0.6 is 11.8 Å². The highest BCUT2D eigenvalue weighted by Crippen LogP contribution is 2.21. The van der Waals surface area contributed by atoms with Crippen LogP contribution in [0.1, 0.15) is 36.0 Å². The number of hydrogen-bond acceptors (Lipinski definition) is 3. The molecular weight excluding hydrogens is 363 g/mol. The minimum absolute atomic E-state index is 0.113. The fraction of sp³-hybridized carbons (Fsp3) is 0.333. The Morgan fingerprint density at radius 1 is 1.07 bits per heavy atom. The molecule has 1 fully saturated rings. The smallest absolute Gasteiger partial charge is 0.251 e. The van der Waals surface area contributed by atoms with Gasteiger partial charge in [0.15, 0.2) is 0 Å². The summed E-state index contributed by atoms with van der Waals surface area (Å²) in [7, 11) is 0. The fourth-order valence-electron chi connectivity index (χ4n) is 2.97. The number of piperidine rings is 1. The number of amides is 2. The zero-order chi connectivity index (χ0) is 19.1. The minimum Gasteiger partial charge on any atom is -0.352 e. The summed E-state index contributed by atoms with van der Waals surface area (Å²) in [6.07, 6.45) is 3.39. The van der Waals surface area contributed by atoms with Gasteiger partial charge in [0.2, 0.25) is 5.91 Å². The number of benzene rings is 2. The van der Waals surface area contributed by atoms with Gasteiger partial charge >= 0.3 is 0 Å². The molecule has 1 heterocycles. The molecule has 0 bridgehead atoms. The largest absolute Gasteiger partial charge is 0.352 e. The van der Waals surface area contributed by atoms with E-state index in [1.54, 1.807) is 40.9 Å². The van der Waals surface area contributed by atoms with Crippen LogP contribution in [0.2, 0.25) is 0 Å². The standard InChI is InChI=1S/C21H23FN2O2S/c22-17-7-11-19(12-8-17)27-15-3-13-23-21(26)16-5-9-18(10-6-16)24-14-2-1-4-20(24)25/h5-12H,1-4,13-15H2,(H,23,26). The number of hydrogen-bond donors (Lipinski definition) is 1. The van der Waals surface area contributed by atoms with Gasteiger partial charge in [-0.1, -0.05) is 0 Å². The van der Waals surface area contributed by atoms with Gasteiger partial charge in [-0.2, -0.15) is 0 Å². The molecule has 1 N–H and O–H groups in total. The first-order valence-electron chi connectivity index (χ1n) is 9.20. The van der Waals surface area contributed by atoms with E-state index in [9.17, 15) is 14.0 Å². The molecule has 0 aromatic heterocycles. The number of rotatable bonds is 7. The summed E-state index contributed by atoms with van der Waals surface area (Å²) in [6.45, 7) is 1.33. The summed E-state index contributed by atoms with van der Waals surface area (Å²) in [6, 6.07) is 13.6. The maximum atomic E-state index is 12.9. The van der Waals surface area contributed by atoms with E-state index >= 15 is 0 Å².